The van der Waals surface area contributed by atoms with Crippen molar-refractivity contribution >= 4 is 49.3 Å². The molecule has 0 N–H and O–H groups in total. The summed E-state index contributed by atoms with van der Waals surface area (Å²) in [6, 6.07) is 0.937. The van der Waals surface area contributed by atoms with Crippen molar-refractivity contribution in [3.63, 3.8) is 0 Å². The molecule has 0 aromatic heterocycles. The molecular weight excluding hydrogens is 304 g/mol. The summed E-state index contributed by atoms with van der Waals surface area (Å²) in [5, 5.41) is 0. The molecule has 0 fully saturated rings. The van der Waals surface area contributed by atoms with Crippen molar-refractivity contribution in [2.75, 3.05) is 0 Å². The molecule has 0 aliphatic carbocycles. The Bertz CT molecular complexity index is 56.4. The molecule has 0 heterocycles. The Labute approximate surface area is 82.1 Å². The van der Waals surface area contributed by atoms with Crippen molar-refractivity contribution in [1.82, 2.24) is 0.875 Å². The first-order valence-electron chi connectivity index (χ1n) is 3.35. The van der Waals surface area contributed by atoms with E-state index >= 15 is 0 Å². The van der Waals surface area contributed by atoms with Gasteiger partial charge in [-0.25, -0.2) is 0 Å². The topological polar surface area (TPSA) is 3.24 Å². The first-order chi connectivity index (χ1) is 3.68. The molecule has 0 radical (unpaired) electrons. The third-order valence-electron chi connectivity index (χ3n) is 1.59. The molecule has 0 spiro atoms. The molecule has 0 aliphatic heterocycles. The van der Waals surface area contributed by atoms with Gasteiger partial charge in [0.25, 0.3) is 0 Å². The van der Waals surface area contributed by atoms with Gasteiger partial charge < -0.3 is 0 Å². The number of hydrogen-bond acceptors (Lipinski definition) is 1. The fourth-order valence-corrected chi connectivity index (χ4v) is 2.15. The Morgan fingerprint density at radius 1 is 1.50 bits per heavy atom. The first-order valence-corrected chi connectivity index (χ1v) is 8.45. The van der Waals surface area contributed by atoms with E-state index in [4.69, 9.17) is 0 Å². The van der Waals surface area contributed by atoms with Crippen LogP contribution < -0.4 is 0 Å². The fraction of sp³-hybridized carbons (Fsp3) is 1.00. The van der Waals surface area contributed by atoms with E-state index in [1.165, 1.54) is 12.8 Å². The van der Waals surface area contributed by atoms with Crippen LogP contribution in [0.5, 0.6) is 0 Å². The van der Waals surface area contributed by atoms with Crippen LogP contribution in [-0.4, -0.2) is 56.2 Å². The second-order valence-corrected chi connectivity index (χ2v) is 25.2. The van der Waals surface area contributed by atoms with Crippen LogP contribution in [0.3, 0.4) is 0 Å². The molecule has 0 bridgehead atoms. The molecule has 0 aromatic rings. The Morgan fingerprint density at radius 2 is 2.00 bits per heavy atom. The third kappa shape index (κ3) is 4.57. The maximum absolute atomic E-state index is 2.67. The molecule has 0 saturated carbocycles. The van der Waals surface area contributed by atoms with Crippen LogP contribution in [0.25, 0.3) is 0 Å². The van der Waals surface area contributed by atoms with Gasteiger partial charge in [-0.05, 0) is 0 Å². The van der Waals surface area contributed by atoms with E-state index in [0.29, 0.717) is 0 Å². The Morgan fingerprint density at radius 3 is 2.12 bits per heavy atom. The second kappa shape index (κ2) is 5.48. The van der Waals surface area contributed by atoms with Crippen LogP contribution in [0, 0.1) is 0 Å². The molecule has 1 atom stereocenters. The predicted octanol–water partition coefficient (Wildman–Crippen LogP) is -0.427. The van der Waals surface area contributed by atoms with Crippen molar-refractivity contribution in [2.45, 2.75) is 32.7 Å². The van der Waals surface area contributed by atoms with Crippen molar-refractivity contribution in [3.05, 3.63) is 0 Å². The Hall–Kier alpha value is 1.70. The van der Waals surface area contributed by atoms with E-state index < -0.39 is 0 Å². The SMILES string of the molecule is CCCC(C)[N]([InH2])[InH2]. The predicted molar refractivity (Wildman–Crippen MR) is 43.3 cm³/mol. The van der Waals surface area contributed by atoms with Gasteiger partial charge in [-0.2, -0.15) is 0 Å². The summed E-state index contributed by atoms with van der Waals surface area (Å²) in [4.78, 5) is 0. The van der Waals surface area contributed by atoms with Crippen LogP contribution in [0.1, 0.15) is 26.7 Å². The van der Waals surface area contributed by atoms with Gasteiger partial charge >= 0.3 is 82.9 Å². The van der Waals surface area contributed by atoms with Gasteiger partial charge in [0, 0.05) is 0 Å². The Balaban J connectivity index is 3.17. The molecule has 46 valence electrons. The minimum atomic E-state index is 0.820. The minimum absolute atomic E-state index is 0.820. The van der Waals surface area contributed by atoms with Gasteiger partial charge in [0.05, 0.1) is 0 Å². The summed E-state index contributed by atoms with van der Waals surface area (Å²) in [6.45, 7) is 4.63. The maximum atomic E-state index is 2.67. The van der Waals surface area contributed by atoms with Crippen molar-refractivity contribution in [3.8, 4) is 0 Å². The van der Waals surface area contributed by atoms with Crippen LogP contribution in [0.2, 0.25) is 0 Å². The van der Waals surface area contributed by atoms with Crippen molar-refractivity contribution < 1.29 is 0 Å². The van der Waals surface area contributed by atoms with Gasteiger partial charge in [0.1, 0.15) is 0 Å². The summed E-state index contributed by atoms with van der Waals surface area (Å²) >= 11 is 1.64. The van der Waals surface area contributed by atoms with Gasteiger partial charge in [0.2, 0.25) is 0 Å². The summed E-state index contributed by atoms with van der Waals surface area (Å²) in [5.41, 5.74) is 0. The monoisotopic (exact) mass is 319 g/mol. The summed E-state index contributed by atoms with van der Waals surface area (Å²) < 4.78 is 2.67. The van der Waals surface area contributed by atoms with Gasteiger partial charge in [0.15, 0.2) is 0 Å². The summed E-state index contributed by atoms with van der Waals surface area (Å²) in [5.74, 6) is 0. The number of nitrogens with zero attached hydrogens (tertiary/aromatic N) is 1. The number of rotatable bonds is 3. The van der Waals surface area contributed by atoms with E-state index in [1.807, 2.05) is 0 Å². The van der Waals surface area contributed by atoms with E-state index in [-0.39, 0.29) is 0 Å². The Kier molecular flexibility index (Phi) is 6.65. The second-order valence-electron chi connectivity index (χ2n) is 2.60. The molecule has 0 saturated heterocycles. The molecule has 1 nitrogen and oxygen atoms in total. The average molecular weight is 319 g/mol. The van der Waals surface area contributed by atoms with Gasteiger partial charge in [-0.3, -0.25) is 0 Å². The van der Waals surface area contributed by atoms with Crippen LogP contribution in [0.15, 0.2) is 0 Å². The fourth-order valence-electron chi connectivity index (χ4n) is 0.676. The molecule has 0 aliphatic rings. The summed E-state index contributed by atoms with van der Waals surface area (Å²) in [7, 11) is 0. The van der Waals surface area contributed by atoms with Crippen LogP contribution in [-0.2, 0) is 0 Å². The van der Waals surface area contributed by atoms with E-state index in [2.05, 4.69) is 14.7 Å². The average Bonchev–Trinajstić information content (AvgIpc) is 1.67. The third-order valence-corrected chi connectivity index (χ3v) is 6.62. The molecule has 0 aromatic carbocycles. The zero-order chi connectivity index (χ0) is 6.57. The molecule has 3 heteroatoms. The van der Waals surface area contributed by atoms with E-state index in [1.54, 1.807) is 0 Å². The van der Waals surface area contributed by atoms with Gasteiger partial charge in [-0.15, -0.1) is 0 Å². The zero-order valence-electron chi connectivity index (χ0n) is 6.44. The normalized spacial score (nSPS) is 14.4. The van der Waals surface area contributed by atoms with Crippen molar-refractivity contribution in [2.24, 2.45) is 0 Å². The van der Waals surface area contributed by atoms with Crippen LogP contribution >= 0.6 is 0 Å². The van der Waals surface area contributed by atoms with E-state index in [9.17, 15) is 0 Å². The quantitative estimate of drug-likeness (QED) is 0.683. The van der Waals surface area contributed by atoms with Crippen LogP contribution in [0.4, 0.5) is 0 Å². The molecule has 0 amide bonds. The van der Waals surface area contributed by atoms with Gasteiger partial charge in [-0.1, -0.05) is 0 Å². The standard InChI is InChI=1S/C5H11N.2In.4H/c1-3-4-5(2)6;;;;;;/h5H,3-4H2,1-2H3;;;;;;. The summed E-state index contributed by atoms with van der Waals surface area (Å²) in [6.07, 6.45) is 2.78. The molecule has 8 heavy (non-hydrogen) atoms. The molecule has 0 rings (SSSR count). The molecular formula is C5H15In2N. The van der Waals surface area contributed by atoms with Crippen molar-refractivity contribution in [1.29, 1.82) is 0 Å². The zero-order valence-corrected chi connectivity index (χ0v) is 17.9. The number of hydrogen-bond donors (Lipinski definition) is 0. The first kappa shape index (κ1) is 9.70. The molecule has 1 unspecified atom stereocenters. The van der Waals surface area contributed by atoms with E-state index in [0.717, 1.165) is 55.4 Å².